The Morgan fingerprint density at radius 1 is 1.13 bits per heavy atom. The Bertz CT molecular complexity index is 1170. The van der Waals surface area contributed by atoms with Crippen LogP contribution in [0.1, 0.15) is 18.4 Å². The van der Waals surface area contributed by atoms with Crippen molar-refractivity contribution >= 4 is 28.3 Å². The number of nitrogens with one attached hydrogen (secondary N) is 1. The molecule has 3 heterocycles. The van der Waals surface area contributed by atoms with Gasteiger partial charge in [0, 0.05) is 18.0 Å². The number of methoxy groups -OCH3 is 1. The van der Waals surface area contributed by atoms with Gasteiger partial charge in [0.15, 0.2) is 16.5 Å². The molecule has 2 aromatic carbocycles. The van der Waals surface area contributed by atoms with Gasteiger partial charge in [-0.15, -0.1) is 0 Å². The van der Waals surface area contributed by atoms with Crippen molar-refractivity contribution in [2.75, 3.05) is 31.9 Å². The third-order valence-corrected chi connectivity index (χ3v) is 6.19. The first kappa shape index (κ1) is 20.0. The van der Waals surface area contributed by atoms with Crippen molar-refractivity contribution in [3.63, 3.8) is 0 Å². The van der Waals surface area contributed by atoms with E-state index in [0.29, 0.717) is 23.6 Å². The Kier molecular flexibility index (Phi) is 5.38. The zero-order valence-electron chi connectivity index (χ0n) is 17.2. The van der Waals surface area contributed by atoms with Crippen LogP contribution in [0.5, 0.6) is 17.2 Å². The molecule has 0 aliphatic carbocycles. The van der Waals surface area contributed by atoms with Crippen molar-refractivity contribution in [1.82, 2.24) is 5.32 Å². The molecule has 1 N–H and O–H groups in total. The van der Waals surface area contributed by atoms with Gasteiger partial charge in [-0.1, -0.05) is 17.7 Å². The maximum Gasteiger partial charge on any atom is 0.357 e. The molecule has 1 aromatic heterocycles. The fourth-order valence-corrected chi connectivity index (χ4v) is 4.54. The fourth-order valence-electron chi connectivity index (χ4n) is 4.30. The van der Waals surface area contributed by atoms with E-state index in [2.05, 4.69) is 10.2 Å². The molecule has 8 heteroatoms. The molecule has 2 aliphatic rings. The summed E-state index contributed by atoms with van der Waals surface area (Å²) in [6.45, 7) is 2.61. The lowest BCUT2D eigenvalue weighted by atomic mass is 10.0. The van der Waals surface area contributed by atoms with Crippen LogP contribution in [-0.4, -0.2) is 33.0 Å². The van der Waals surface area contributed by atoms with Crippen LogP contribution in [-0.2, 0) is 6.54 Å². The number of hydrogen-bond donors (Lipinski definition) is 1. The molecule has 31 heavy (non-hydrogen) atoms. The summed E-state index contributed by atoms with van der Waals surface area (Å²) >= 11 is 6.59. The number of halogens is 1. The fraction of sp³-hybridized carbons (Fsp3) is 0.348. The van der Waals surface area contributed by atoms with Gasteiger partial charge >= 0.3 is 5.63 Å². The van der Waals surface area contributed by atoms with Crippen LogP contribution < -0.4 is 30.1 Å². The van der Waals surface area contributed by atoms with Gasteiger partial charge in [-0.2, -0.15) is 0 Å². The maximum atomic E-state index is 12.6. The summed E-state index contributed by atoms with van der Waals surface area (Å²) in [5.74, 6) is 2.14. The average molecular weight is 443 g/mol. The first-order chi connectivity index (χ1) is 15.1. The molecule has 0 atom stereocenters. The molecule has 3 aromatic rings. The second kappa shape index (κ2) is 8.32. The van der Waals surface area contributed by atoms with Crippen molar-refractivity contribution in [2.24, 2.45) is 0 Å². The normalized spacial score (nSPS) is 15.9. The number of rotatable bonds is 5. The number of fused-ring (bicyclic) bond motifs is 2. The Labute approximate surface area is 184 Å². The predicted molar refractivity (Wildman–Crippen MR) is 119 cm³/mol. The molecule has 2 aliphatic heterocycles. The van der Waals surface area contributed by atoms with Crippen molar-refractivity contribution in [3.05, 3.63) is 57.4 Å². The van der Waals surface area contributed by atoms with Crippen molar-refractivity contribution in [3.8, 4) is 17.2 Å². The number of ether oxygens (including phenoxy) is 3. The molecular formula is C23H23ClN2O5. The number of nitrogens with zero attached hydrogens (tertiary/aromatic N) is 1. The Hall–Kier alpha value is -2.90. The van der Waals surface area contributed by atoms with Gasteiger partial charge in [-0.05, 0) is 61.8 Å². The highest BCUT2D eigenvalue weighted by molar-refractivity contribution is 6.34. The molecule has 1 saturated heterocycles. The van der Waals surface area contributed by atoms with Crippen LogP contribution in [0.2, 0.25) is 5.02 Å². The predicted octanol–water partition coefficient (Wildman–Crippen LogP) is 3.94. The minimum absolute atomic E-state index is 0.0834. The Balaban J connectivity index is 1.65. The number of benzene rings is 2. The summed E-state index contributed by atoms with van der Waals surface area (Å²) < 4.78 is 21.9. The van der Waals surface area contributed by atoms with Gasteiger partial charge < -0.3 is 28.8 Å². The lowest BCUT2D eigenvalue weighted by molar-refractivity contribution is 0.174. The molecule has 0 saturated carbocycles. The number of piperidine rings is 1. The van der Waals surface area contributed by atoms with E-state index in [9.17, 15) is 4.79 Å². The summed E-state index contributed by atoms with van der Waals surface area (Å²) in [6, 6.07) is 11.5. The summed E-state index contributed by atoms with van der Waals surface area (Å²) in [4.78, 5) is 14.8. The van der Waals surface area contributed by atoms with E-state index in [-0.39, 0.29) is 17.9 Å². The molecule has 0 radical (unpaired) electrons. The van der Waals surface area contributed by atoms with E-state index in [1.165, 1.54) is 0 Å². The van der Waals surface area contributed by atoms with E-state index in [0.717, 1.165) is 48.4 Å². The van der Waals surface area contributed by atoms with E-state index >= 15 is 0 Å². The average Bonchev–Trinajstić information content (AvgIpc) is 3.27. The van der Waals surface area contributed by atoms with Gasteiger partial charge in [-0.25, -0.2) is 4.79 Å². The van der Waals surface area contributed by atoms with E-state index in [4.69, 9.17) is 30.2 Å². The number of anilines is 1. The molecule has 0 bridgehead atoms. The Morgan fingerprint density at radius 2 is 1.94 bits per heavy atom. The van der Waals surface area contributed by atoms with Crippen LogP contribution in [0.3, 0.4) is 0 Å². The van der Waals surface area contributed by atoms with Crippen molar-refractivity contribution in [1.29, 1.82) is 0 Å². The number of hydrogen-bond acceptors (Lipinski definition) is 7. The van der Waals surface area contributed by atoms with Crippen LogP contribution in [0, 0.1) is 0 Å². The summed E-state index contributed by atoms with van der Waals surface area (Å²) in [7, 11) is 1.61. The van der Waals surface area contributed by atoms with Gasteiger partial charge in [0.05, 0.1) is 12.8 Å². The highest BCUT2D eigenvalue weighted by atomic mass is 35.5. The molecule has 7 nitrogen and oxygen atoms in total. The van der Waals surface area contributed by atoms with E-state index in [1.54, 1.807) is 19.2 Å². The van der Waals surface area contributed by atoms with E-state index < -0.39 is 5.63 Å². The molecule has 0 amide bonds. The van der Waals surface area contributed by atoms with E-state index in [1.807, 2.05) is 24.3 Å². The lowest BCUT2D eigenvalue weighted by Crippen LogP contribution is -2.43. The molecule has 1 fully saturated rings. The highest BCUT2D eigenvalue weighted by Crippen LogP contribution is 2.39. The summed E-state index contributed by atoms with van der Waals surface area (Å²) in [5, 5.41) is 4.24. The first-order valence-corrected chi connectivity index (χ1v) is 10.7. The van der Waals surface area contributed by atoms with Crippen LogP contribution >= 0.6 is 11.6 Å². The zero-order valence-corrected chi connectivity index (χ0v) is 17.9. The van der Waals surface area contributed by atoms with Crippen molar-refractivity contribution < 1.29 is 18.6 Å². The SMILES string of the molecule is COc1ccc2oc(=O)c(Cl)c(N(Cc3ccc4c(c3)OCO4)C3CCNCC3)c2c1. The molecular weight excluding hydrogens is 420 g/mol. The second-order valence-corrected chi connectivity index (χ2v) is 8.09. The molecule has 0 unspecified atom stereocenters. The lowest BCUT2D eigenvalue weighted by Gasteiger charge is -2.37. The van der Waals surface area contributed by atoms with Gasteiger partial charge in [0.1, 0.15) is 11.3 Å². The summed E-state index contributed by atoms with van der Waals surface area (Å²) in [5.41, 5.74) is 1.66. The third kappa shape index (κ3) is 3.79. The van der Waals surface area contributed by atoms with Crippen molar-refractivity contribution in [2.45, 2.75) is 25.4 Å². The maximum absolute atomic E-state index is 12.6. The largest absolute Gasteiger partial charge is 0.497 e. The molecule has 5 rings (SSSR count). The molecule has 162 valence electrons. The van der Waals surface area contributed by atoms with Gasteiger partial charge in [0.25, 0.3) is 0 Å². The quantitative estimate of drug-likeness (QED) is 0.600. The monoisotopic (exact) mass is 442 g/mol. The second-order valence-electron chi connectivity index (χ2n) is 7.71. The molecule has 0 spiro atoms. The topological polar surface area (TPSA) is 73.2 Å². The van der Waals surface area contributed by atoms with Gasteiger partial charge in [0.2, 0.25) is 6.79 Å². The van der Waals surface area contributed by atoms with Crippen LogP contribution in [0.25, 0.3) is 11.0 Å². The minimum Gasteiger partial charge on any atom is -0.497 e. The first-order valence-electron chi connectivity index (χ1n) is 10.3. The zero-order chi connectivity index (χ0) is 21.4. The third-order valence-electron chi connectivity index (χ3n) is 5.86. The highest BCUT2D eigenvalue weighted by Gasteiger charge is 2.28. The minimum atomic E-state index is -0.543. The smallest absolute Gasteiger partial charge is 0.357 e. The summed E-state index contributed by atoms with van der Waals surface area (Å²) in [6.07, 6.45) is 1.87. The standard InChI is InChI=1S/C23H23ClN2O5/c1-28-16-3-5-18-17(11-16)22(21(24)23(27)31-18)26(15-6-8-25-9-7-15)12-14-2-4-19-20(10-14)30-13-29-19/h2-5,10-11,15,25H,6-9,12-13H2,1H3. The van der Waals surface area contributed by atoms with Gasteiger partial charge in [-0.3, -0.25) is 0 Å². The Morgan fingerprint density at radius 3 is 2.74 bits per heavy atom. The van der Waals surface area contributed by atoms with Crippen LogP contribution in [0.4, 0.5) is 5.69 Å². The van der Waals surface area contributed by atoms with Crippen LogP contribution in [0.15, 0.2) is 45.6 Å².